The monoisotopic (exact) mass is 709 g/mol. The Bertz CT molecular complexity index is 1690. The van der Waals surface area contributed by atoms with Crippen LogP contribution in [0.1, 0.15) is 66.5 Å². The number of alkyl halides is 2. The van der Waals surface area contributed by atoms with Gasteiger partial charge in [-0.15, -0.1) is 12.4 Å². The summed E-state index contributed by atoms with van der Waals surface area (Å²) in [7, 11) is 0. The molecule has 0 spiro atoms. The van der Waals surface area contributed by atoms with Crippen LogP contribution in [0.5, 0.6) is 11.5 Å². The van der Waals surface area contributed by atoms with Gasteiger partial charge in [-0.05, 0) is 62.8 Å². The molecule has 2 aliphatic carbocycles. The van der Waals surface area contributed by atoms with Gasteiger partial charge in [0.1, 0.15) is 17.7 Å². The van der Waals surface area contributed by atoms with Gasteiger partial charge >= 0.3 is 6.61 Å². The first kappa shape index (κ1) is 35.9. The fraction of sp³-hybridized carbons (Fsp3) is 0.455. The highest BCUT2D eigenvalue weighted by molar-refractivity contribution is 5.98. The van der Waals surface area contributed by atoms with Gasteiger partial charge in [-0.3, -0.25) is 14.4 Å². The molecule has 16 heteroatoms. The summed E-state index contributed by atoms with van der Waals surface area (Å²) in [6, 6.07) is 4.27. The minimum Gasteiger partial charge on any atom is -0.489 e. The summed E-state index contributed by atoms with van der Waals surface area (Å²) in [5.41, 5.74) is 5.80. The van der Waals surface area contributed by atoms with E-state index in [0.29, 0.717) is 18.6 Å². The highest BCUT2D eigenvalue weighted by atomic mass is 35.5. The summed E-state index contributed by atoms with van der Waals surface area (Å²) >= 11 is 0. The molecule has 2 atom stereocenters. The minimum atomic E-state index is -3.09. The molecule has 3 N–H and O–H groups in total. The number of amides is 3. The Morgan fingerprint density at radius 2 is 1.69 bits per heavy atom. The lowest BCUT2D eigenvalue weighted by molar-refractivity contribution is -0.141. The van der Waals surface area contributed by atoms with Crippen molar-refractivity contribution in [1.29, 1.82) is 0 Å². The molecule has 3 aromatic rings. The van der Waals surface area contributed by atoms with Crippen LogP contribution in [0, 0.1) is 23.5 Å². The standard InChI is InChI=1S/C33H35F4N5O6.ClH/c1-17(38)28-27(40-30(48-28)20-6-9-24(47-33(36)37)25(14-20)46-16-18-2-3-18)29(43)39-26(22-8-7-21(34)15-23(22)35)32(45)42-12-10-41(11-13-42)31(44)19-4-5-19;/h6-9,14-15,17-19,26,33H,2-5,10-13,16,38H2,1H3,(H,39,43);1H/t17-,26?;/m0./s1. The van der Waals surface area contributed by atoms with E-state index in [4.69, 9.17) is 14.9 Å². The Morgan fingerprint density at radius 1 is 1.00 bits per heavy atom. The quantitative estimate of drug-likeness (QED) is 0.251. The van der Waals surface area contributed by atoms with Crippen LogP contribution in [0.4, 0.5) is 17.6 Å². The maximum absolute atomic E-state index is 15.1. The number of nitrogens with one attached hydrogen (secondary N) is 1. The average molecular weight is 710 g/mol. The molecule has 3 fully saturated rings. The first-order chi connectivity index (χ1) is 23.0. The van der Waals surface area contributed by atoms with Crippen molar-refractivity contribution in [2.24, 2.45) is 17.6 Å². The van der Waals surface area contributed by atoms with Gasteiger partial charge in [0.25, 0.3) is 5.91 Å². The number of carbonyl (C=O) groups excluding carboxylic acids is 3. The molecule has 0 radical (unpaired) electrons. The molecule has 49 heavy (non-hydrogen) atoms. The number of carbonyl (C=O) groups is 3. The summed E-state index contributed by atoms with van der Waals surface area (Å²) in [4.78, 5) is 47.5. The molecule has 2 saturated carbocycles. The van der Waals surface area contributed by atoms with Gasteiger partial charge in [-0.1, -0.05) is 6.07 Å². The smallest absolute Gasteiger partial charge is 0.387 e. The van der Waals surface area contributed by atoms with Crippen molar-refractivity contribution in [3.8, 4) is 23.0 Å². The van der Waals surface area contributed by atoms with E-state index in [0.717, 1.165) is 37.8 Å². The average Bonchev–Trinajstić information content (AvgIpc) is 4.00. The Labute approximate surface area is 285 Å². The van der Waals surface area contributed by atoms with Gasteiger partial charge in [-0.25, -0.2) is 13.8 Å². The summed E-state index contributed by atoms with van der Waals surface area (Å²) in [5, 5.41) is 2.53. The SMILES string of the molecule is C[C@H](N)c1oc(-c2ccc(OC(F)F)c(OCC3CC3)c2)nc1C(=O)NC(C(=O)N1CCN(C(=O)C2CC2)CC1)c1ccc(F)cc1F.Cl. The third kappa shape index (κ3) is 8.44. The molecule has 264 valence electrons. The molecule has 2 aromatic carbocycles. The summed E-state index contributed by atoms with van der Waals surface area (Å²) in [6.07, 6.45) is 3.61. The normalized spacial score (nSPS) is 17.3. The van der Waals surface area contributed by atoms with E-state index in [1.54, 1.807) is 4.90 Å². The lowest BCUT2D eigenvalue weighted by Gasteiger charge is -2.36. The van der Waals surface area contributed by atoms with Crippen molar-refractivity contribution in [1.82, 2.24) is 20.1 Å². The second-order valence-corrected chi connectivity index (χ2v) is 12.3. The zero-order valence-electron chi connectivity index (χ0n) is 26.5. The topological polar surface area (TPSA) is 140 Å². The van der Waals surface area contributed by atoms with E-state index in [1.165, 1.54) is 30.0 Å². The number of hydrogen-bond acceptors (Lipinski definition) is 8. The van der Waals surface area contributed by atoms with Gasteiger partial charge < -0.3 is 34.7 Å². The predicted molar refractivity (Wildman–Crippen MR) is 169 cm³/mol. The fourth-order valence-electron chi connectivity index (χ4n) is 5.49. The number of aromatic nitrogens is 1. The number of benzene rings is 2. The van der Waals surface area contributed by atoms with Crippen LogP contribution in [0.25, 0.3) is 11.5 Å². The zero-order valence-corrected chi connectivity index (χ0v) is 27.3. The molecular weight excluding hydrogens is 674 g/mol. The summed E-state index contributed by atoms with van der Waals surface area (Å²) < 4.78 is 71.2. The lowest BCUT2D eigenvalue weighted by atomic mass is 10.0. The molecule has 2 heterocycles. The van der Waals surface area contributed by atoms with Gasteiger partial charge in [0.2, 0.25) is 17.7 Å². The van der Waals surface area contributed by atoms with Crippen LogP contribution in [0.15, 0.2) is 40.8 Å². The first-order valence-corrected chi connectivity index (χ1v) is 15.8. The van der Waals surface area contributed by atoms with Crippen LogP contribution in [0.3, 0.4) is 0 Å². The molecule has 1 aromatic heterocycles. The molecule has 3 amide bonds. The van der Waals surface area contributed by atoms with E-state index in [-0.39, 0.29) is 90.4 Å². The summed E-state index contributed by atoms with van der Waals surface area (Å²) in [5.74, 6) is -3.45. The van der Waals surface area contributed by atoms with E-state index < -0.39 is 42.1 Å². The van der Waals surface area contributed by atoms with Crippen molar-refractivity contribution in [3.63, 3.8) is 0 Å². The van der Waals surface area contributed by atoms with Crippen molar-refractivity contribution < 1.29 is 45.8 Å². The third-order valence-electron chi connectivity index (χ3n) is 8.49. The highest BCUT2D eigenvalue weighted by Crippen LogP contribution is 2.37. The van der Waals surface area contributed by atoms with Crippen LogP contribution < -0.4 is 20.5 Å². The largest absolute Gasteiger partial charge is 0.489 e. The van der Waals surface area contributed by atoms with E-state index in [9.17, 15) is 27.6 Å². The van der Waals surface area contributed by atoms with E-state index in [2.05, 4.69) is 15.0 Å². The van der Waals surface area contributed by atoms with Gasteiger partial charge in [0.15, 0.2) is 23.0 Å². The minimum absolute atomic E-state index is 0. The number of hydrogen-bond donors (Lipinski definition) is 2. The number of ether oxygens (including phenoxy) is 2. The van der Waals surface area contributed by atoms with Crippen molar-refractivity contribution >= 4 is 30.1 Å². The number of piperazine rings is 1. The lowest BCUT2D eigenvalue weighted by Crippen LogP contribution is -2.53. The van der Waals surface area contributed by atoms with E-state index >= 15 is 4.39 Å². The predicted octanol–water partition coefficient (Wildman–Crippen LogP) is 5.00. The number of rotatable bonds is 12. The number of halogens is 5. The van der Waals surface area contributed by atoms with Crippen LogP contribution in [0.2, 0.25) is 0 Å². The molecule has 1 saturated heterocycles. The van der Waals surface area contributed by atoms with Gasteiger partial charge in [0, 0.05) is 49.3 Å². The van der Waals surface area contributed by atoms with Crippen molar-refractivity contribution in [2.75, 3.05) is 32.8 Å². The molecule has 11 nitrogen and oxygen atoms in total. The van der Waals surface area contributed by atoms with Crippen molar-refractivity contribution in [3.05, 3.63) is 65.1 Å². The van der Waals surface area contributed by atoms with Gasteiger partial charge in [-0.2, -0.15) is 8.78 Å². The second kappa shape index (κ2) is 15.0. The zero-order chi connectivity index (χ0) is 34.1. The Hall–Kier alpha value is -4.37. The Morgan fingerprint density at radius 3 is 2.31 bits per heavy atom. The molecular formula is C33H36ClF4N5O6. The molecule has 0 bridgehead atoms. The third-order valence-corrected chi connectivity index (χ3v) is 8.49. The second-order valence-electron chi connectivity index (χ2n) is 12.3. The Kier molecular flexibility index (Phi) is 11.0. The first-order valence-electron chi connectivity index (χ1n) is 15.8. The maximum Gasteiger partial charge on any atom is 0.387 e. The van der Waals surface area contributed by atoms with Crippen LogP contribution >= 0.6 is 12.4 Å². The summed E-state index contributed by atoms with van der Waals surface area (Å²) in [6.45, 7) is -0.379. The number of nitrogens with two attached hydrogens (primary N) is 1. The number of nitrogens with zero attached hydrogens (tertiary/aromatic N) is 3. The molecule has 1 unspecified atom stereocenters. The molecule has 6 rings (SSSR count). The van der Waals surface area contributed by atoms with Crippen molar-refractivity contribution in [2.45, 2.75) is 51.3 Å². The van der Waals surface area contributed by atoms with Crippen LogP contribution in [-0.2, 0) is 9.59 Å². The fourth-order valence-corrected chi connectivity index (χ4v) is 5.49. The molecule has 1 aliphatic heterocycles. The van der Waals surface area contributed by atoms with Gasteiger partial charge in [0.05, 0.1) is 12.6 Å². The maximum atomic E-state index is 15.1. The van der Waals surface area contributed by atoms with E-state index in [1.807, 2.05) is 0 Å². The molecule has 3 aliphatic rings. The van der Waals surface area contributed by atoms with Crippen LogP contribution in [-0.4, -0.2) is 71.9 Å². The highest BCUT2D eigenvalue weighted by Gasteiger charge is 2.38. The Balaban J connectivity index is 0.00000468. The number of oxazole rings is 1.